The van der Waals surface area contributed by atoms with Crippen LogP contribution in [0.1, 0.15) is 21.5 Å². The van der Waals surface area contributed by atoms with Crippen molar-refractivity contribution in [1.82, 2.24) is 4.57 Å². The fourth-order valence-electron chi connectivity index (χ4n) is 1.95. The Bertz CT molecular complexity index is 787. The third-order valence-corrected chi connectivity index (χ3v) is 2.97. The van der Waals surface area contributed by atoms with Gasteiger partial charge in [-0.3, -0.25) is 4.79 Å². The standard InChI is InChI=1S/C15H12N2O4/c1-21-14-3-2-10(7-16)6-11(14)8-17-5-4-13(18)12(9-17)15(19)20/h2-6,9H,8H2,1H3,(H,19,20). The summed E-state index contributed by atoms with van der Waals surface area (Å²) in [6.07, 6.45) is 2.76. The Morgan fingerprint density at radius 1 is 1.43 bits per heavy atom. The van der Waals surface area contributed by atoms with E-state index in [9.17, 15) is 9.59 Å². The van der Waals surface area contributed by atoms with Crippen LogP contribution < -0.4 is 10.2 Å². The van der Waals surface area contributed by atoms with Crippen LogP contribution in [0.25, 0.3) is 0 Å². The third-order valence-electron chi connectivity index (χ3n) is 2.97. The van der Waals surface area contributed by atoms with Gasteiger partial charge in [0.05, 0.1) is 25.3 Å². The third kappa shape index (κ3) is 3.09. The van der Waals surface area contributed by atoms with Gasteiger partial charge < -0.3 is 14.4 Å². The number of methoxy groups -OCH3 is 1. The van der Waals surface area contributed by atoms with Gasteiger partial charge in [0.15, 0.2) is 5.43 Å². The van der Waals surface area contributed by atoms with E-state index in [-0.39, 0.29) is 5.56 Å². The SMILES string of the molecule is COc1ccc(C#N)cc1Cn1ccc(=O)c(C(=O)O)c1. The second kappa shape index (κ2) is 5.92. The lowest BCUT2D eigenvalue weighted by atomic mass is 10.1. The molecule has 0 atom stereocenters. The van der Waals surface area contributed by atoms with E-state index in [1.807, 2.05) is 6.07 Å². The summed E-state index contributed by atoms with van der Waals surface area (Å²) >= 11 is 0. The Labute approximate surface area is 120 Å². The van der Waals surface area contributed by atoms with Crippen molar-refractivity contribution in [2.24, 2.45) is 0 Å². The van der Waals surface area contributed by atoms with Gasteiger partial charge in [0.25, 0.3) is 0 Å². The smallest absolute Gasteiger partial charge is 0.341 e. The quantitative estimate of drug-likeness (QED) is 0.917. The molecule has 0 aliphatic heterocycles. The van der Waals surface area contributed by atoms with Gasteiger partial charge in [0, 0.05) is 24.0 Å². The predicted molar refractivity (Wildman–Crippen MR) is 74.5 cm³/mol. The number of hydrogen-bond donors (Lipinski definition) is 1. The number of rotatable bonds is 4. The number of carbonyl (C=O) groups is 1. The monoisotopic (exact) mass is 284 g/mol. The molecule has 1 aromatic carbocycles. The van der Waals surface area contributed by atoms with Gasteiger partial charge in [-0.1, -0.05) is 0 Å². The molecule has 0 fully saturated rings. The molecule has 0 unspecified atom stereocenters. The van der Waals surface area contributed by atoms with E-state index in [0.717, 1.165) is 5.56 Å². The number of benzene rings is 1. The highest BCUT2D eigenvalue weighted by atomic mass is 16.5. The molecule has 0 saturated carbocycles. The Balaban J connectivity index is 2.43. The van der Waals surface area contributed by atoms with Crippen molar-refractivity contribution in [2.75, 3.05) is 7.11 Å². The normalized spacial score (nSPS) is 9.90. The van der Waals surface area contributed by atoms with Gasteiger partial charge in [-0.25, -0.2) is 4.79 Å². The van der Waals surface area contributed by atoms with Crippen LogP contribution in [0.3, 0.4) is 0 Å². The van der Waals surface area contributed by atoms with Crippen LogP contribution in [-0.4, -0.2) is 22.8 Å². The molecule has 0 amide bonds. The summed E-state index contributed by atoms with van der Waals surface area (Å²) in [4.78, 5) is 22.4. The molecule has 6 nitrogen and oxygen atoms in total. The van der Waals surface area contributed by atoms with Gasteiger partial charge in [0.2, 0.25) is 0 Å². The first-order valence-corrected chi connectivity index (χ1v) is 6.05. The molecule has 0 saturated heterocycles. The zero-order valence-corrected chi connectivity index (χ0v) is 11.2. The summed E-state index contributed by atoms with van der Waals surface area (Å²) in [6, 6.07) is 8.21. The van der Waals surface area contributed by atoms with Gasteiger partial charge in [-0.2, -0.15) is 5.26 Å². The molecule has 1 heterocycles. The number of nitriles is 1. The predicted octanol–water partition coefficient (Wildman–Crippen LogP) is 1.48. The van der Waals surface area contributed by atoms with E-state index in [2.05, 4.69) is 0 Å². The van der Waals surface area contributed by atoms with E-state index < -0.39 is 11.4 Å². The molecule has 0 aliphatic rings. The highest BCUT2D eigenvalue weighted by molar-refractivity contribution is 5.86. The fourth-order valence-corrected chi connectivity index (χ4v) is 1.95. The van der Waals surface area contributed by atoms with Crippen molar-refractivity contribution in [3.63, 3.8) is 0 Å². The van der Waals surface area contributed by atoms with Crippen molar-refractivity contribution in [1.29, 1.82) is 5.26 Å². The molecule has 6 heteroatoms. The Morgan fingerprint density at radius 3 is 2.81 bits per heavy atom. The maximum Gasteiger partial charge on any atom is 0.341 e. The largest absolute Gasteiger partial charge is 0.496 e. The Kier molecular flexibility index (Phi) is 4.05. The highest BCUT2D eigenvalue weighted by Crippen LogP contribution is 2.20. The molecule has 0 bridgehead atoms. The second-order valence-corrected chi connectivity index (χ2v) is 4.34. The van der Waals surface area contributed by atoms with Crippen molar-refractivity contribution in [2.45, 2.75) is 6.54 Å². The van der Waals surface area contributed by atoms with E-state index in [1.54, 1.807) is 22.8 Å². The molecule has 0 radical (unpaired) electrons. The highest BCUT2D eigenvalue weighted by Gasteiger charge is 2.10. The summed E-state index contributed by atoms with van der Waals surface area (Å²) in [5, 5.41) is 17.9. The zero-order valence-electron chi connectivity index (χ0n) is 11.2. The van der Waals surface area contributed by atoms with Gasteiger partial charge >= 0.3 is 5.97 Å². The lowest BCUT2D eigenvalue weighted by Crippen LogP contribution is -2.17. The first-order valence-electron chi connectivity index (χ1n) is 6.05. The van der Waals surface area contributed by atoms with E-state index >= 15 is 0 Å². The Morgan fingerprint density at radius 2 is 2.19 bits per heavy atom. The van der Waals surface area contributed by atoms with Crippen LogP contribution >= 0.6 is 0 Å². The average Bonchev–Trinajstić information content (AvgIpc) is 2.48. The van der Waals surface area contributed by atoms with Crippen LogP contribution in [0, 0.1) is 11.3 Å². The van der Waals surface area contributed by atoms with Crippen LogP contribution in [0.2, 0.25) is 0 Å². The van der Waals surface area contributed by atoms with Crippen LogP contribution in [0.15, 0.2) is 41.5 Å². The van der Waals surface area contributed by atoms with Gasteiger partial charge in [-0.15, -0.1) is 0 Å². The van der Waals surface area contributed by atoms with Gasteiger partial charge in [0.1, 0.15) is 11.3 Å². The number of aromatic nitrogens is 1. The first kappa shape index (κ1) is 14.3. The Hall–Kier alpha value is -3.07. The lowest BCUT2D eigenvalue weighted by Gasteiger charge is -2.11. The molecule has 1 aromatic heterocycles. The minimum absolute atomic E-state index is 0.291. The molecule has 1 N–H and O–H groups in total. The topological polar surface area (TPSA) is 92.3 Å². The molecule has 21 heavy (non-hydrogen) atoms. The van der Waals surface area contributed by atoms with Gasteiger partial charge in [-0.05, 0) is 18.2 Å². The minimum Gasteiger partial charge on any atom is -0.496 e. The van der Waals surface area contributed by atoms with Crippen molar-refractivity contribution in [3.8, 4) is 11.8 Å². The fraction of sp³-hybridized carbons (Fsp3) is 0.133. The number of carboxylic acids is 1. The summed E-state index contributed by atoms with van der Waals surface area (Å²) in [5.41, 5.74) is 0.353. The molecule has 0 spiro atoms. The summed E-state index contributed by atoms with van der Waals surface area (Å²) in [7, 11) is 1.51. The van der Waals surface area contributed by atoms with Crippen LogP contribution in [0.5, 0.6) is 5.75 Å². The number of hydrogen-bond acceptors (Lipinski definition) is 4. The van der Waals surface area contributed by atoms with Crippen molar-refractivity contribution in [3.05, 3.63) is 63.6 Å². The molecule has 2 rings (SSSR count). The van der Waals surface area contributed by atoms with E-state index in [1.165, 1.54) is 25.6 Å². The molecule has 2 aromatic rings. The number of ether oxygens (including phenoxy) is 1. The number of nitrogens with zero attached hydrogens (tertiary/aromatic N) is 2. The molecular weight excluding hydrogens is 272 g/mol. The molecular formula is C15H12N2O4. The number of carboxylic acid groups (broad SMARTS) is 1. The van der Waals surface area contributed by atoms with Crippen molar-refractivity contribution < 1.29 is 14.6 Å². The summed E-state index contributed by atoms with van der Waals surface area (Å²) < 4.78 is 6.78. The van der Waals surface area contributed by atoms with Crippen molar-refractivity contribution >= 4 is 5.97 Å². The minimum atomic E-state index is -1.27. The number of aromatic carboxylic acids is 1. The maximum absolute atomic E-state index is 11.4. The maximum atomic E-state index is 11.4. The van der Waals surface area contributed by atoms with Crippen LogP contribution in [0.4, 0.5) is 0 Å². The zero-order chi connectivity index (χ0) is 15.4. The number of pyridine rings is 1. The summed E-state index contributed by atoms with van der Waals surface area (Å²) in [5.74, 6) is -0.684. The molecule has 106 valence electrons. The first-order chi connectivity index (χ1) is 10.0. The molecule has 0 aliphatic carbocycles. The summed E-state index contributed by atoms with van der Waals surface area (Å²) in [6.45, 7) is 0.291. The van der Waals surface area contributed by atoms with Crippen LogP contribution in [-0.2, 0) is 6.54 Å². The lowest BCUT2D eigenvalue weighted by molar-refractivity contribution is 0.0694. The second-order valence-electron chi connectivity index (χ2n) is 4.34. The average molecular weight is 284 g/mol. The van der Waals surface area contributed by atoms with E-state index in [0.29, 0.717) is 17.9 Å². The van der Waals surface area contributed by atoms with E-state index in [4.69, 9.17) is 15.1 Å².